The summed E-state index contributed by atoms with van der Waals surface area (Å²) in [5.74, 6) is 2.44. The van der Waals surface area contributed by atoms with Gasteiger partial charge in [0.15, 0.2) is 0 Å². The smallest absolute Gasteiger partial charge is 0.221 e. The van der Waals surface area contributed by atoms with Crippen LogP contribution in [0.3, 0.4) is 0 Å². The van der Waals surface area contributed by atoms with E-state index in [1.54, 1.807) is 0 Å². The molecule has 0 aromatic heterocycles. The minimum absolute atomic E-state index is 0.0228. The Labute approximate surface area is 111 Å². The summed E-state index contributed by atoms with van der Waals surface area (Å²) in [6.45, 7) is 3.82. The van der Waals surface area contributed by atoms with Gasteiger partial charge in [-0.25, -0.2) is 0 Å². The lowest BCUT2D eigenvalue weighted by Gasteiger charge is -2.32. The van der Waals surface area contributed by atoms with Gasteiger partial charge in [0.2, 0.25) is 5.91 Å². The lowest BCUT2D eigenvalue weighted by atomic mass is 10.1. The number of benzene rings is 1. The molecule has 2 nitrogen and oxygen atoms in total. The van der Waals surface area contributed by atoms with Gasteiger partial charge in [0.05, 0.1) is 4.08 Å². The molecule has 1 aliphatic heterocycles. The van der Waals surface area contributed by atoms with Crippen LogP contribution in [0.2, 0.25) is 0 Å². The molecule has 1 fully saturated rings. The van der Waals surface area contributed by atoms with Crippen molar-refractivity contribution in [2.24, 2.45) is 0 Å². The highest BCUT2D eigenvalue weighted by Crippen LogP contribution is 2.49. The third kappa shape index (κ3) is 3.19. The first kappa shape index (κ1) is 12.8. The van der Waals surface area contributed by atoms with Crippen LogP contribution in [0.4, 0.5) is 5.69 Å². The minimum Gasteiger partial charge on any atom is -0.326 e. The Bertz CT molecular complexity index is 396. The van der Waals surface area contributed by atoms with E-state index in [1.807, 2.05) is 35.7 Å². The number of amides is 1. The molecule has 1 aliphatic rings. The summed E-state index contributed by atoms with van der Waals surface area (Å²) >= 11 is 4.03. The zero-order valence-corrected chi connectivity index (χ0v) is 11.8. The number of hydrogen-bond donors (Lipinski definition) is 1. The van der Waals surface area contributed by atoms with Crippen LogP contribution in [0, 0.1) is 0 Å². The summed E-state index contributed by atoms with van der Waals surface area (Å²) in [6, 6.07) is 8.21. The molecule has 0 aliphatic carbocycles. The van der Waals surface area contributed by atoms with E-state index < -0.39 is 0 Å². The van der Waals surface area contributed by atoms with Gasteiger partial charge in [0, 0.05) is 12.6 Å². The molecular formula is C13H17NOS2. The molecule has 0 spiro atoms. The molecule has 1 aromatic rings. The van der Waals surface area contributed by atoms with E-state index in [4.69, 9.17) is 0 Å². The van der Waals surface area contributed by atoms with Crippen LogP contribution in [0.25, 0.3) is 0 Å². The van der Waals surface area contributed by atoms with Crippen molar-refractivity contribution < 1.29 is 4.79 Å². The van der Waals surface area contributed by atoms with Gasteiger partial charge in [-0.15, -0.1) is 23.5 Å². The van der Waals surface area contributed by atoms with Gasteiger partial charge in [-0.05, 0) is 42.5 Å². The van der Waals surface area contributed by atoms with Crippen molar-refractivity contribution in [2.45, 2.75) is 24.3 Å². The number of carbonyl (C=O) groups is 1. The Morgan fingerprint density at radius 2 is 1.82 bits per heavy atom. The Balaban J connectivity index is 2.13. The molecular weight excluding hydrogens is 250 g/mol. The molecule has 1 N–H and O–H groups in total. The van der Waals surface area contributed by atoms with Gasteiger partial charge in [-0.1, -0.05) is 12.1 Å². The van der Waals surface area contributed by atoms with Crippen LogP contribution in [0.1, 0.15) is 25.8 Å². The number of hydrogen-bond acceptors (Lipinski definition) is 3. The van der Waals surface area contributed by atoms with Crippen molar-refractivity contribution in [3.8, 4) is 0 Å². The highest BCUT2D eigenvalue weighted by molar-refractivity contribution is 8.18. The van der Waals surface area contributed by atoms with Crippen LogP contribution < -0.4 is 5.32 Å². The van der Waals surface area contributed by atoms with Crippen molar-refractivity contribution in [1.82, 2.24) is 0 Å². The zero-order valence-electron chi connectivity index (χ0n) is 10.2. The highest BCUT2D eigenvalue weighted by Gasteiger charge is 2.30. The summed E-state index contributed by atoms with van der Waals surface area (Å²) in [7, 11) is 0. The Morgan fingerprint density at radius 1 is 1.24 bits per heavy atom. The van der Waals surface area contributed by atoms with Crippen molar-refractivity contribution in [3.63, 3.8) is 0 Å². The first-order chi connectivity index (χ1) is 8.10. The van der Waals surface area contributed by atoms with Crippen LogP contribution in [0.15, 0.2) is 24.3 Å². The summed E-state index contributed by atoms with van der Waals surface area (Å²) < 4.78 is 0.174. The minimum atomic E-state index is -0.0228. The van der Waals surface area contributed by atoms with Crippen molar-refractivity contribution in [1.29, 1.82) is 0 Å². The topological polar surface area (TPSA) is 29.1 Å². The van der Waals surface area contributed by atoms with E-state index >= 15 is 0 Å². The maximum Gasteiger partial charge on any atom is 0.221 e. The maximum absolute atomic E-state index is 10.9. The Hall–Kier alpha value is -0.610. The van der Waals surface area contributed by atoms with Gasteiger partial charge < -0.3 is 5.32 Å². The standard InChI is InChI=1S/C13H17NOS2/c1-10(15)14-12-6-4-11(5-7-12)13(2)16-8-3-9-17-13/h4-7H,3,8-9H2,1-2H3,(H,14,15). The van der Waals surface area contributed by atoms with Gasteiger partial charge in [0.1, 0.15) is 0 Å². The second-order valence-corrected chi connectivity index (χ2v) is 7.54. The van der Waals surface area contributed by atoms with Gasteiger partial charge in [0.25, 0.3) is 0 Å². The molecule has 1 heterocycles. The molecule has 0 unspecified atom stereocenters. The van der Waals surface area contributed by atoms with Crippen molar-refractivity contribution >= 4 is 35.1 Å². The van der Waals surface area contributed by atoms with E-state index in [1.165, 1.54) is 30.4 Å². The van der Waals surface area contributed by atoms with Crippen molar-refractivity contribution in [3.05, 3.63) is 29.8 Å². The van der Waals surface area contributed by atoms with Gasteiger partial charge in [-0.3, -0.25) is 4.79 Å². The number of rotatable bonds is 2. The van der Waals surface area contributed by atoms with E-state index in [-0.39, 0.29) is 9.99 Å². The number of thioether (sulfide) groups is 2. The molecule has 1 saturated heterocycles. The molecule has 1 aromatic carbocycles. The first-order valence-corrected chi connectivity index (χ1v) is 7.73. The summed E-state index contributed by atoms with van der Waals surface area (Å²) in [5.41, 5.74) is 2.21. The number of anilines is 1. The summed E-state index contributed by atoms with van der Waals surface area (Å²) in [5, 5.41) is 2.79. The SMILES string of the molecule is CC(=O)Nc1ccc(C2(C)SCCCS2)cc1. The summed E-state index contributed by atoms with van der Waals surface area (Å²) in [4.78, 5) is 10.9. The Kier molecular flexibility index (Phi) is 4.05. The maximum atomic E-state index is 10.9. The van der Waals surface area contributed by atoms with Crippen LogP contribution >= 0.6 is 23.5 Å². The fourth-order valence-corrected chi connectivity index (χ4v) is 4.84. The lowest BCUT2D eigenvalue weighted by molar-refractivity contribution is -0.114. The third-order valence-electron chi connectivity index (χ3n) is 2.77. The third-order valence-corrected chi connectivity index (χ3v) is 6.04. The monoisotopic (exact) mass is 267 g/mol. The first-order valence-electron chi connectivity index (χ1n) is 5.76. The van der Waals surface area contributed by atoms with Crippen LogP contribution in [-0.4, -0.2) is 17.4 Å². The molecule has 0 atom stereocenters. The number of nitrogens with one attached hydrogen (secondary N) is 1. The van der Waals surface area contributed by atoms with E-state index in [0.29, 0.717) is 0 Å². The van der Waals surface area contributed by atoms with Crippen LogP contribution in [0.5, 0.6) is 0 Å². The largest absolute Gasteiger partial charge is 0.326 e. The quantitative estimate of drug-likeness (QED) is 0.886. The van der Waals surface area contributed by atoms with Gasteiger partial charge in [-0.2, -0.15) is 0 Å². The predicted octanol–water partition coefficient (Wildman–Crippen LogP) is 3.69. The van der Waals surface area contributed by atoms with E-state index in [2.05, 4.69) is 24.4 Å². The van der Waals surface area contributed by atoms with Gasteiger partial charge >= 0.3 is 0 Å². The fraction of sp³-hybridized carbons (Fsp3) is 0.462. The lowest BCUT2D eigenvalue weighted by Crippen LogP contribution is -2.18. The molecule has 0 bridgehead atoms. The molecule has 1 amide bonds. The van der Waals surface area contributed by atoms with Crippen LogP contribution in [-0.2, 0) is 8.87 Å². The highest BCUT2D eigenvalue weighted by atomic mass is 32.2. The van der Waals surface area contributed by atoms with Crippen molar-refractivity contribution in [2.75, 3.05) is 16.8 Å². The predicted molar refractivity (Wildman–Crippen MR) is 77.6 cm³/mol. The average Bonchev–Trinajstić information content (AvgIpc) is 2.30. The number of carbonyl (C=O) groups excluding carboxylic acids is 1. The average molecular weight is 267 g/mol. The van der Waals surface area contributed by atoms with E-state index in [9.17, 15) is 4.79 Å². The second kappa shape index (κ2) is 5.36. The zero-order chi connectivity index (χ0) is 12.3. The normalized spacial score (nSPS) is 18.7. The molecule has 17 heavy (non-hydrogen) atoms. The second-order valence-electron chi connectivity index (χ2n) is 4.25. The Morgan fingerprint density at radius 3 is 2.35 bits per heavy atom. The summed E-state index contributed by atoms with van der Waals surface area (Å²) in [6.07, 6.45) is 1.30. The molecule has 0 saturated carbocycles. The molecule has 0 radical (unpaired) electrons. The molecule has 4 heteroatoms. The molecule has 92 valence electrons. The molecule has 2 rings (SSSR count). The van der Waals surface area contributed by atoms with E-state index in [0.717, 1.165) is 5.69 Å². The fourth-order valence-electron chi connectivity index (χ4n) is 1.86.